The Bertz CT molecular complexity index is 638. The second-order valence-electron chi connectivity index (χ2n) is 6.19. The molecule has 0 atom stereocenters. The van der Waals surface area contributed by atoms with Crippen molar-refractivity contribution in [2.75, 3.05) is 32.8 Å². The first-order chi connectivity index (χ1) is 12.8. The van der Waals surface area contributed by atoms with E-state index < -0.39 is 0 Å². The second kappa shape index (κ2) is 15.5. The molecule has 1 N–H and O–H groups in total. The Hall–Kier alpha value is -1.46. The Morgan fingerprint density at radius 1 is 0.821 bits per heavy atom. The molecule has 0 saturated carbocycles. The fraction of sp³-hybridized carbons (Fsp3) is 0.455. The molecule has 6 heteroatoms. The average Bonchev–Trinajstić information content (AvgIpc) is 2.68. The summed E-state index contributed by atoms with van der Waals surface area (Å²) >= 11 is 0. The molecule has 0 unspecified atom stereocenters. The third-order valence-corrected chi connectivity index (χ3v) is 4.37. The number of likely N-dealkylation sites (N-methyl/N-ethyl adjacent to an activating group) is 1. The van der Waals surface area contributed by atoms with E-state index in [2.05, 4.69) is 48.3 Å². The van der Waals surface area contributed by atoms with Gasteiger partial charge in [-0.1, -0.05) is 50.2 Å². The minimum absolute atomic E-state index is 0. The van der Waals surface area contributed by atoms with Crippen molar-refractivity contribution in [3.8, 4) is 11.5 Å². The zero-order valence-electron chi connectivity index (χ0n) is 17.1. The largest absolute Gasteiger partial charge is 0.490 e. The molecule has 4 nitrogen and oxygen atoms in total. The first kappa shape index (κ1) is 26.5. The van der Waals surface area contributed by atoms with Gasteiger partial charge in [-0.25, -0.2) is 0 Å². The van der Waals surface area contributed by atoms with Gasteiger partial charge in [0.05, 0.1) is 6.61 Å². The predicted octanol–water partition coefficient (Wildman–Crippen LogP) is 4.94. The summed E-state index contributed by atoms with van der Waals surface area (Å²) in [5.74, 6) is 1.61. The molecule has 2 aromatic carbocycles. The fourth-order valence-electron chi connectivity index (χ4n) is 2.80. The van der Waals surface area contributed by atoms with Gasteiger partial charge in [-0.3, -0.25) is 0 Å². The molecule has 0 fully saturated rings. The van der Waals surface area contributed by atoms with Crippen LogP contribution in [0.25, 0.3) is 0 Å². The summed E-state index contributed by atoms with van der Waals surface area (Å²) in [5, 5.41) is 3.51. The lowest BCUT2D eigenvalue weighted by atomic mass is 10.2. The lowest BCUT2D eigenvalue weighted by Crippen LogP contribution is -2.31. The van der Waals surface area contributed by atoms with Crippen molar-refractivity contribution in [3.05, 3.63) is 59.7 Å². The zero-order valence-corrected chi connectivity index (χ0v) is 18.8. The molecule has 158 valence electrons. The van der Waals surface area contributed by atoms with E-state index >= 15 is 0 Å². The van der Waals surface area contributed by atoms with Crippen LogP contribution in [0.4, 0.5) is 0 Å². The topological polar surface area (TPSA) is 33.7 Å². The maximum Gasteiger partial charge on any atom is 0.161 e. The van der Waals surface area contributed by atoms with Crippen molar-refractivity contribution in [2.24, 2.45) is 0 Å². The molecule has 0 aliphatic carbocycles. The first-order valence-corrected chi connectivity index (χ1v) is 9.62. The standard InChI is InChI=1S/C22H32N2O2.2ClH/c1-4-24(5-2)15-14-23-17-20-12-13-21(22(16-20)25-6-3)26-18-19-10-8-7-9-11-19;;/h7-13,16,23H,4-6,14-15,17-18H2,1-3H3;2*1H. The monoisotopic (exact) mass is 428 g/mol. The van der Waals surface area contributed by atoms with Crippen LogP contribution in [0.2, 0.25) is 0 Å². The van der Waals surface area contributed by atoms with Gasteiger partial charge in [0.25, 0.3) is 0 Å². The van der Waals surface area contributed by atoms with Crippen LogP contribution in [0.1, 0.15) is 31.9 Å². The summed E-state index contributed by atoms with van der Waals surface area (Å²) in [7, 11) is 0. The average molecular weight is 429 g/mol. The summed E-state index contributed by atoms with van der Waals surface area (Å²) in [5.41, 5.74) is 2.36. The van der Waals surface area contributed by atoms with Gasteiger partial charge in [-0.05, 0) is 43.3 Å². The number of rotatable bonds is 12. The Balaban J connectivity index is 0.00000364. The molecule has 0 aliphatic heterocycles. The molecule has 0 radical (unpaired) electrons. The van der Waals surface area contributed by atoms with Crippen molar-refractivity contribution in [1.82, 2.24) is 10.2 Å². The predicted molar refractivity (Wildman–Crippen MR) is 122 cm³/mol. The molecule has 0 bridgehead atoms. The van der Waals surface area contributed by atoms with Gasteiger partial charge >= 0.3 is 0 Å². The quantitative estimate of drug-likeness (QED) is 0.485. The van der Waals surface area contributed by atoms with Gasteiger partial charge in [0.2, 0.25) is 0 Å². The zero-order chi connectivity index (χ0) is 18.6. The van der Waals surface area contributed by atoms with Crippen molar-refractivity contribution >= 4 is 24.8 Å². The molecule has 0 spiro atoms. The molecule has 0 amide bonds. The first-order valence-electron chi connectivity index (χ1n) is 9.62. The smallest absolute Gasteiger partial charge is 0.161 e. The lowest BCUT2D eigenvalue weighted by molar-refractivity contribution is 0.269. The van der Waals surface area contributed by atoms with Crippen LogP contribution < -0.4 is 14.8 Å². The van der Waals surface area contributed by atoms with E-state index in [1.165, 1.54) is 5.56 Å². The van der Waals surface area contributed by atoms with E-state index in [0.29, 0.717) is 13.2 Å². The maximum atomic E-state index is 5.96. The molecule has 0 aromatic heterocycles. The Kier molecular flexibility index (Phi) is 14.7. The van der Waals surface area contributed by atoms with Gasteiger partial charge < -0.3 is 19.7 Å². The van der Waals surface area contributed by atoms with Crippen LogP contribution in [-0.4, -0.2) is 37.7 Å². The van der Waals surface area contributed by atoms with Crippen molar-refractivity contribution in [2.45, 2.75) is 33.9 Å². The van der Waals surface area contributed by atoms with Crippen LogP contribution in [0, 0.1) is 0 Å². The number of benzene rings is 2. The van der Waals surface area contributed by atoms with E-state index in [4.69, 9.17) is 9.47 Å². The highest BCUT2D eigenvalue weighted by atomic mass is 35.5. The van der Waals surface area contributed by atoms with Crippen molar-refractivity contribution in [3.63, 3.8) is 0 Å². The van der Waals surface area contributed by atoms with Crippen LogP contribution in [0.5, 0.6) is 11.5 Å². The maximum absolute atomic E-state index is 5.96. The van der Waals surface area contributed by atoms with E-state index in [1.807, 2.05) is 31.2 Å². The fourth-order valence-corrected chi connectivity index (χ4v) is 2.80. The van der Waals surface area contributed by atoms with E-state index in [1.54, 1.807) is 0 Å². The highest BCUT2D eigenvalue weighted by Gasteiger charge is 2.07. The Morgan fingerprint density at radius 3 is 2.18 bits per heavy atom. The SMILES string of the molecule is CCOc1cc(CNCCN(CC)CC)ccc1OCc1ccccc1.Cl.Cl. The molecule has 2 aromatic rings. The highest BCUT2D eigenvalue weighted by Crippen LogP contribution is 2.29. The lowest BCUT2D eigenvalue weighted by Gasteiger charge is -2.18. The van der Waals surface area contributed by atoms with Gasteiger partial charge in [0.1, 0.15) is 6.61 Å². The van der Waals surface area contributed by atoms with Gasteiger partial charge in [0.15, 0.2) is 11.5 Å². The Morgan fingerprint density at radius 2 is 1.54 bits per heavy atom. The summed E-state index contributed by atoms with van der Waals surface area (Å²) in [6, 6.07) is 16.4. The molecule has 0 saturated heterocycles. The number of halogens is 2. The van der Waals surface area contributed by atoms with Gasteiger partial charge in [-0.15, -0.1) is 24.8 Å². The number of hydrogen-bond donors (Lipinski definition) is 1. The van der Waals surface area contributed by atoms with Crippen molar-refractivity contribution in [1.29, 1.82) is 0 Å². The molecule has 2 rings (SSSR count). The normalized spacial score (nSPS) is 10.1. The molecule has 0 aliphatic rings. The van der Waals surface area contributed by atoms with E-state index in [-0.39, 0.29) is 24.8 Å². The van der Waals surface area contributed by atoms with E-state index in [0.717, 1.165) is 49.8 Å². The number of nitrogens with one attached hydrogen (secondary N) is 1. The molecular weight excluding hydrogens is 395 g/mol. The van der Waals surface area contributed by atoms with Crippen LogP contribution in [0.3, 0.4) is 0 Å². The van der Waals surface area contributed by atoms with Crippen LogP contribution in [0.15, 0.2) is 48.5 Å². The summed E-state index contributed by atoms with van der Waals surface area (Å²) in [6.45, 7) is 12.7. The number of nitrogens with zero attached hydrogens (tertiary/aromatic N) is 1. The molecule has 28 heavy (non-hydrogen) atoms. The third-order valence-electron chi connectivity index (χ3n) is 4.37. The summed E-state index contributed by atoms with van der Waals surface area (Å²) in [4.78, 5) is 2.42. The van der Waals surface area contributed by atoms with Gasteiger partial charge in [0, 0.05) is 19.6 Å². The highest BCUT2D eigenvalue weighted by molar-refractivity contribution is 5.85. The molecular formula is C22H34Cl2N2O2. The Labute approximate surface area is 182 Å². The van der Waals surface area contributed by atoms with Crippen LogP contribution >= 0.6 is 24.8 Å². The number of hydrogen-bond acceptors (Lipinski definition) is 4. The van der Waals surface area contributed by atoms with Crippen molar-refractivity contribution < 1.29 is 9.47 Å². The van der Waals surface area contributed by atoms with Crippen LogP contribution in [-0.2, 0) is 13.2 Å². The number of ether oxygens (including phenoxy) is 2. The van der Waals surface area contributed by atoms with Gasteiger partial charge in [-0.2, -0.15) is 0 Å². The van der Waals surface area contributed by atoms with E-state index in [9.17, 15) is 0 Å². The minimum Gasteiger partial charge on any atom is -0.490 e. The minimum atomic E-state index is 0. The molecule has 0 heterocycles. The second-order valence-corrected chi connectivity index (χ2v) is 6.19. The summed E-state index contributed by atoms with van der Waals surface area (Å²) < 4.78 is 11.7. The third kappa shape index (κ3) is 9.16. The summed E-state index contributed by atoms with van der Waals surface area (Å²) in [6.07, 6.45) is 0.